The fraction of sp³-hybridized carbons (Fsp3) is 0.476. The zero-order valence-corrected chi connectivity index (χ0v) is 15.9. The average molecular weight is 394 g/mol. The second-order valence-electron chi connectivity index (χ2n) is 7.43. The van der Waals surface area contributed by atoms with Crippen molar-refractivity contribution in [3.05, 3.63) is 59.5 Å². The Morgan fingerprint density at radius 2 is 2.00 bits per heavy atom. The summed E-state index contributed by atoms with van der Waals surface area (Å²) < 4.78 is 43.4. The topological polar surface area (TPSA) is 36.7 Å². The standard InChI is InChI=1S/C21H25F3N2O2/c1-25(20(27)18-8-12-28-15-18)14-17-6-10-26(11-7-17)9-5-16-3-2-4-19(13-16)21(22,23)24/h2-4,8,12-13,15,17H,5-7,9-11,14H2,1H3. The molecule has 1 amide bonds. The van der Waals surface area contributed by atoms with Gasteiger partial charge in [0.05, 0.1) is 17.4 Å². The summed E-state index contributed by atoms with van der Waals surface area (Å²) in [6.07, 6.45) is 1.21. The third-order valence-electron chi connectivity index (χ3n) is 5.33. The molecule has 1 aliphatic rings. The predicted octanol–water partition coefficient (Wildman–Crippen LogP) is 4.33. The lowest BCUT2D eigenvalue weighted by Gasteiger charge is -2.33. The van der Waals surface area contributed by atoms with Gasteiger partial charge in [0.15, 0.2) is 0 Å². The minimum atomic E-state index is -4.30. The van der Waals surface area contributed by atoms with Gasteiger partial charge in [-0.2, -0.15) is 13.2 Å². The van der Waals surface area contributed by atoms with Crippen LogP contribution in [0, 0.1) is 5.92 Å². The fourth-order valence-corrected chi connectivity index (χ4v) is 3.66. The average Bonchev–Trinajstić information content (AvgIpc) is 3.21. The zero-order valence-electron chi connectivity index (χ0n) is 15.9. The van der Waals surface area contributed by atoms with E-state index in [1.807, 2.05) is 0 Å². The van der Waals surface area contributed by atoms with Gasteiger partial charge in [-0.15, -0.1) is 0 Å². The second kappa shape index (κ2) is 8.82. The molecule has 0 bridgehead atoms. The van der Waals surface area contributed by atoms with Crippen LogP contribution < -0.4 is 0 Å². The Balaban J connectivity index is 1.43. The number of alkyl halides is 3. The normalized spacial score (nSPS) is 16.3. The fourth-order valence-electron chi connectivity index (χ4n) is 3.66. The molecule has 0 radical (unpaired) electrons. The number of likely N-dealkylation sites (tertiary alicyclic amines) is 1. The van der Waals surface area contributed by atoms with E-state index in [4.69, 9.17) is 4.42 Å². The highest BCUT2D eigenvalue weighted by Crippen LogP contribution is 2.29. The number of benzene rings is 1. The lowest BCUT2D eigenvalue weighted by atomic mass is 9.95. The lowest BCUT2D eigenvalue weighted by Crippen LogP contribution is -2.40. The van der Waals surface area contributed by atoms with Crippen LogP contribution in [0.4, 0.5) is 13.2 Å². The minimum Gasteiger partial charge on any atom is -0.472 e. The van der Waals surface area contributed by atoms with Gasteiger partial charge in [-0.3, -0.25) is 4.79 Å². The van der Waals surface area contributed by atoms with Crippen LogP contribution in [0.1, 0.15) is 34.3 Å². The molecule has 2 aromatic rings. The molecule has 4 nitrogen and oxygen atoms in total. The van der Waals surface area contributed by atoms with Crippen molar-refractivity contribution in [2.24, 2.45) is 5.92 Å². The van der Waals surface area contributed by atoms with Gasteiger partial charge in [0.1, 0.15) is 6.26 Å². The van der Waals surface area contributed by atoms with E-state index in [1.54, 1.807) is 24.1 Å². The van der Waals surface area contributed by atoms with E-state index >= 15 is 0 Å². The third kappa shape index (κ3) is 5.38. The number of furan rings is 1. The van der Waals surface area contributed by atoms with Crippen molar-refractivity contribution in [2.45, 2.75) is 25.4 Å². The molecule has 0 aliphatic carbocycles. The van der Waals surface area contributed by atoms with Gasteiger partial charge in [-0.25, -0.2) is 0 Å². The zero-order chi connectivity index (χ0) is 20.1. The molecule has 3 rings (SSSR count). The smallest absolute Gasteiger partial charge is 0.416 e. The second-order valence-corrected chi connectivity index (χ2v) is 7.43. The monoisotopic (exact) mass is 394 g/mol. The largest absolute Gasteiger partial charge is 0.472 e. The van der Waals surface area contributed by atoms with Crippen molar-refractivity contribution >= 4 is 5.91 Å². The van der Waals surface area contributed by atoms with E-state index in [-0.39, 0.29) is 5.91 Å². The molecule has 1 aliphatic heterocycles. The number of piperidine rings is 1. The molecule has 1 fully saturated rings. The van der Waals surface area contributed by atoms with Crippen molar-refractivity contribution in [1.82, 2.24) is 9.80 Å². The number of carbonyl (C=O) groups is 1. The molecule has 0 atom stereocenters. The van der Waals surface area contributed by atoms with Gasteiger partial charge < -0.3 is 14.2 Å². The van der Waals surface area contributed by atoms with Crippen LogP contribution in [0.25, 0.3) is 0 Å². The summed E-state index contributed by atoms with van der Waals surface area (Å²) in [5, 5.41) is 0. The van der Waals surface area contributed by atoms with Gasteiger partial charge in [0.25, 0.3) is 5.91 Å². The molecule has 0 N–H and O–H groups in total. The Morgan fingerprint density at radius 3 is 2.64 bits per heavy atom. The Labute approximate surface area is 162 Å². The number of hydrogen-bond acceptors (Lipinski definition) is 3. The van der Waals surface area contributed by atoms with Crippen LogP contribution in [-0.4, -0.2) is 48.9 Å². The molecule has 0 saturated carbocycles. The number of amides is 1. The summed E-state index contributed by atoms with van der Waals surface area (Å²) in [4.78, 5) is 16.3. The highest BCUT2D eigenvalue weighted by atomic mass is 19.4. The van der Waals surface area contributed by atoms with Crippen molar-refractivity contribution < 1.29 is 22.4 Å². The first-order chi connectivity index (χ1) is 13.3. The highest BCUT2D eigenvalue weighted by molar-refractivity contribution is 5.93. The quantitative estimate of drug-likeness (QED) is 0.732. The van der Waals surface area contributed by atoms with E-state index in [1.165, 1.54) is 24.7 Å². The summed E-state index contributed by atoms with van der Waals surface area (Å²) in [5.74, 6) is 0.395. The summed E-state index contributed by atoms with van der Waals surface area (Å²) in [7, 11) is 1.80. The molecule has 152 valence electrons. The minimum absolute atomic E-state index is 0.0410. The summed E-state index contributed by atoms with van der Waals surface area (Å²) >= 11 is 0. The molecular weight excluding hydrogens is 369 g/mol. The van der Waals surface area contributed by atoms with Gasteiger partial charge in [-0.1, -0.05) is 18.2 Å². The van der Waals surface area contributed by atoms with Crippen molar-refractivity contribution in [1.29, 1.82) is 0 Å². The van der Waals surface area contributed by atoms with Crippen molar-refractivity contribution in [3.63, 3.8) is 0 Å². The Kier molecular flexibility index (Phi) is 6.44. The molecular formula is C21H25F3N2O2. The Hall–Kier alpha value is -2.28. The molecule has 0 spiro atoms. The van der Waals surface area contributed by atoms with Gasteiger partial charge in [0.2, 0.25) is 0 Å². The molecule has 2 heterocycles. The first kappa shape index (κ1) is 20.5. The third-order valence-corrected chi connectivity index (χ3v) is 5.33. The highest BCUT2D eigenvalue weighted by Gasteiger charge is 2.30. The molecule has 0 unspecified atom stereocenters. The molecule has 28 heavy (non-hydrogen) atoms. The van der Waals surface area contributed by atoms with Crippen LogP contribution in [0.2, 0.25) is 0 Å². The van der Waals surface area contributed by atoms with Crippen LogP contribution in [-0.2, 0) is 12.6 Å². The maximum absolute atomic E-state index is 12.8. The van der Waals surface area contributed by atoms with E-state index in [0.29, 0.717) is 30.0 Å². The van der Waals surface area contributed by atoms with Crippen molar-refractivity contribution in [2.75, 3.05) is 33.2 Å². The lowest BCUT2D eigenvalue weighted by molar-refractivity contribution is -0.137. The predicted molar refractivity (Wildman–Crippen MR) is 100.0 cm³/mol. The maximum Gasteiger partial charge on any atom is 0.416 e. The van der Waals surface area contributed by atoms with Crippen LogP contribution in [0.15, 0.2) is 47.3 Å². The van der Waals surface area contributed by atoms with E-state index in [0.717, 1.165) is 38.5 Å². The van der Waals surface area contributed by atoms with E-state index < -0.39 is 11.7 Å². The molecule has 1 aromatic heterocycles. The number of rotatable bonds is 6. The first-order valence-electron chi connectivity index (χ1n) is 9.49. The summed E-state index contributed by atoms with van der Waals surface area (Å²) in [5.41, 5.74) is 0.678. The van der Waals surface area contributed by atoms with Gasteiger partial charge in [-0.05, 0) is 56.0 Å². The summed E-state index contributed by atoms with van der Waals surface area (Å²) in [6.45, 7) is 3.25. The van der Waals surface area contributed by atoms with Gasteiger partial charge >= 0.3 is 6.18 Å². The Morgan fingerprint density at radius 1 is 1.25 bits per heavy atom. The SMILES string of the molecule is CN(CC1CCN(CCc2cccc(C(F)(F)F)c2)CC1)C(=O)c1ccoc1. The number of halogens is 3. The van der Waals surface area contributed by atoms with Crippen LogP contribution in [0.5, 0.6) is 0 Å². The number of nitrogens with zero attached hydrogens (tertiary/aromatic N) is 2. The number of hydrogen-bond donors (Lipinski definition) is 0. The van der Waals surface area contributed by atoms with E-state index in [9.17, 15) is 18.0 Å². The van der Waals surface area contributed by atoms with Gasteiger partial charge in [0, 0.05) is 20.1 Å². The summed E-state index contributed by atoms with van der Waals surface area (Å²) in [6, 6.07) is 7.23. The molecule has 1 saturated heterocycles. The number of carbonyl (C=O) groups excluding carboxylic acids is 1. The Bertz CT molecular complexity index is 766. The van der Waals surface area contributed by atoms with Crippen LogP contribution >= 0.6 is 0 Å². The van der Waals surface area contributed by atoms with Crippen molar-refractivity contribution in [3.8, 4) is 0 Å². The molecule has 1 aromatic carbocycles. The van der Waals surface area contributed by atoms with Crippen LogP contribution in [0.3, 0.4) is 0 Å². The van der Waals surface area contributed by atoms with E-state index in [2.05, 4.69) is 4.90 Å². The molecule has 7 heteroatoms. The maximum atomic E-state index is 12.8. The first-order valence-corrected chi connectivity index (χ1v) is 9.49.